The fourth-order valence-corrected chi connectivity index (χ4v) is 1.96. The van der Waals surface area contributed by atoms with E-state index in [-0.39, 0.29) is 15.7 Å². The van der Waals surface area contributed by atoms with Crippen molar-refractivity contribution >= 4 is 34.6 Å². The van der Waals surface area contributed by atoms with Crippen LogP contribution in [0, 0.1) is 10.1 Å². The Morgan fingerprint density at radius 1 is 1.37 bits per heavy atom. The summed E-state index contributed by atoms with van der Waals surface area (Å²) < 4.78 is 5.31. The molecule has 0 unspecified atom stereocenters. The number of rotatable bonds is 8. The van der Waals surface area contributed by atoms with Crippen LogP contribution >= 0.6 is 23.2 Å². The maximum Gasteiger partial charge on any atom is 0.272 e. The number of benzene rings is 1. The van der Waals surface area contributed by atoms with Gasteiger partial charge < -0.3 is 10.1 Å². The normalized spacial score (nSPS) is 10.2. The smallest absolute Gasteiger partial charge is 0.272 e. The van der Waals surface area contributed by atoms with Crippen LogP contribution in [0.3, 0.4) is 0 Å². The third kappa shape index (κ3) is 5.06. The molecule has 0 amide bonds. The molecular formula is C12H14Cl2N2O3. The van der Waals surface area contributed by atoms with Crippen molar-refractivity contribution in [3.63, 3.8) is 0 Å². The van der Waals surface area contributed by atoms with Crippen molar-refractivity contribution in [3.8, 4) is 0 Å². The molecule has 1 rings (SSSR count). The van der Waals surface area contributed by atoms with Gasteiger partial charge in [0.2, 0.25) is 0 Å². The zero-order valence-electron chi connectivity index (χ0n) is 10.2. The molecule has 0 saturated heterocycles. The summed E-state index contributed by atoms with van der Waals surface area (Å²) in [4.78, 5) is 10.1. The number of nitro benzene ring substituents is 1. The number of halogens is 2. The third-order valence-corrected chi connectivity index (χ3v) is 2.85. The van der Waals surface area contributed by atoms with E-state index < -0.39 is 4.92 Å². The summed E-state index contributed by atoms with van der Waals surface area (Å²) in [6.07, 6.45) is 2.57. The van der Waals surface area contributed by atoms with Crippen molar-refractivity contribution in [1.29, 1.82) is 0 Å². The predicted octanol–water partition coefficient (Wildman–Crippen LogP) is 3.91. The highest BCUT2D eigenvalue weighted by atomic mass is 35.5. The first kappa shape index (κ1) is 15.8. The molecule has 0 bridgehead atoms. The molecule has 1 aromatic carbocycles. The number of nitro groups is 1. The van der Waals surface area contributed by atoms with Gasteiger partial charge in [0, 0.05) is 18.7 Å². The largest absolute Gasteiger partial charge is 0.380 e. The van der Waals surface area contributed by atoms with E-state index in [0.29, 0.717) is 25.4 Å². The highest BCUT2D eigenvalue weighted by molar-refractivity contribution is 6.39. The Labute approximate surface area is 121 Å². The monoisotopic (exact) mass is 304 g/mol. The minimum atomic E-state index is -0.542. The first-order valence-electron chi connectivity index (χ1n) is 5.62. The highest BCUT2D eigenvalue weighted by Crippen LogP contribution is 2.34. The average Bonchev–Trinajstić information content (AvgIpc) is 2.35. The van der Waals surface area contributed by atoms with Crippen molar-refractivity contribution in [2.45, 2.75) is 6.42 Å². The number of non-ortho nitro benzene ring substituents is 1. The molecule has 0 aliphatic rings. The molecule has 0 saturated carbocycles. The van der Waals surface area contributed by atoms with Gasteiger partial charge in [-0.1, -0.05) is 29.3 Å². The van der Waals surface area contributed by atoms with Crippen LogP contribution in [0.1, 0.15) is 6.42 Å². The molecule has 0 fully saturated rings. The van der Waals surface area contributed by atoms with Gasteiger partial charge in [0.05, 0.1) is 33.9 Å². The van der Waals surface area contributed by atoms with Crippen LogP contribution < -0.4 is 5.32 Å². The van der Waals surface area contributed by atoms with E-state index in [1.54, 1.807) is 6.08 Å². The van der Waals surface area contributed by atoms with Gasteiger partial charge in [0.1, 0.15) is 0 Å². The van der Waals surface area contributed by atoms with Crippen molar-refractivity contribution in [2.75, 3.05) is 25.1 Å². The van der Waals surface area contributed by atoms with Gasteiger partial charge >= 0.3 is 0 Å². The standard InChI is InChI=1S/C12H14Cl2N2O3/c1-2-3-5-19-6-4-15-12-10(13)7-9(16(17)18)8-11(12)14/h2,7-8,15H,1,3-6H2. The Balaban J connectivity index is 2.54. The van der Waals surface area contributed by atoms with Gasteiger partial charge in [-0.15, -0.1) is 6.58 Å². The Bertz CT molecular complexity index is 443. The Kier molecular flexibility index (Phi) is 6.62. The van der Waals surface area contributed by atoms with E-state index in [2.05, 4.69) is 11.9 Å². The Morgan fingerprint density at radius 3 is 2.53 bits per heavy atom. The van der Waals surface area contributed by atoms with Crippen LogP contribution in [0.5, 0.6) is 0 Å². The van der Waals surface area contributed by atoms with Crippen LogP contribution in [0.25, 0.3) is 0 Å². The third-order valence-electron chi connectivity index (χ3n) is 2.25. The van der Waals surface area contributed by atoms with Crippen LogP contribution in [0.2, 0.25) is 10.0 Å². The molecule has 104 valence electrons. The number of nitrogens with zero attached hydrogens (tertiary/aromatic N) is 1. The number of hydrogen-bond acceptors (Lipinski definition) is 4. The van der Waals surface area contributed by atoms with Crippen LogP contribution in [0.4, 0.5) is 11.4 Å². The molecule has 0 heterocycles. The first-order valence-corrected chi connectivity index (χ1v) is 6.37. The highest BCUT2D eigenvalue weighted by Gasteiger charge is 2.14. The summed E-state index contributed by atoms with van der Waals surface area (Å²) >= 11 is 11.9. The molecule has 0 aromatic heterocycles. The van der Waals surface area contributed by atoms with E-state index in [4.69, 9.17) is 27.9 Å². The van der Waals surface area contributed by atoms with Gasteiger partial charge in [-0.3, -0.25) is 10.1 Å². The number of hydrogen-bond donors (Lipinski definition) is 1. The lowest BCUT2D eigenvalue weighted by molar-refractivity contribution is -0.384. The molecule has 0 spiro atoms. The fraction of sp³-hybridized carbons (Fsp3) is 0.333. The summed E-state index contributed by atoms with van der Waals surface area (Å²) in [5.41, 5.74) is 0.337. The van der Waals surface area contributed by atoms with Crippen molar-refractivity contribution in [3.05, 3.63) is 44.9 Å². The lowest BCUT2D eigenvalue weighted by atomic mass is 10.3. The van der Waals surface area contributed by atoms with Crippen molar-refractivity contribution in [1.82, 2.24) is 0 Å². The van der Waals surface area contributed by atoms with Crippen LogP contribution in [-0.4, -0.2) is 24.7 Å². The molecule has 5 nitrogen and oxygen atoms in total. The Morgan fingerprint density at radius 2 is 2.00 bits per heavy atom. The summed E-state index contributed by atoms with van der Waals surface area (Å²) in [5, 5.41) is 14.0. The summed E-state index contributed by atoms with van der Waals surface area (Å²) in [6, 6.07) is 2.52. The number of ether oxygens (including phenoxy) is 1. The van der Waals surface area contributed by atoms with Crippen LogP contribution in [-0.2, 0) is 4.74 Å². The minimum Gasteiger partial charge on any atom is -0.380 e. The second kappa shape index (κ2) is 7.99. The minimum absolute atomic E-state index is 0.136. The predicted molar refractivity (Wildman–Crippen MR) is 77.2 cm³/mol. The van der Waals surface area contributed by atoms with Crippen molar-refractivity contribution < 1.29 is 9.66 Å². The quantitative estimate of drug-likeness (QED) is 0.342. The van der Waals surface area contributed by atoms with Crippen molar-refractivity contribution in [2.24, 2.45) is 0 Å². The van der Waals surface area contributed by atoms with E-state index in [1.165, 1.54) is 12.1 Å². The number of anilines is 1. The topological polar surface area (TPSA) is 64.4 Å². The SMILES string of the molecule is C=CCCOCCNc1c(Cl)cc([N+](=O)[O-])cc1Cl. The molecule has 7 heteroatoms. The summed E-state index contributed by atoms with van der Waals surface area (Å²) in [7, 11) is 0. The van der Waals surface area contributed by atoms with Gasteiger partial charge in [0.15, 0.2) is 0 Å². The summed E-state index contributed by atoms with van der Waals surface area (Å²) in [5.74, 6) is 0. The molecule has 0 radical (unpaired) electrons. The summed E-state index contributed by atoms with van der Waals surface area (Å²) in [6.45, 7) is 5.18. The average molecular weight is 305 g/mol. The lowest BCUT2D eigenvalue weighted by Gasteiger charge is -2.10. The molecule has 1 N–H and O–H groups in total. The lowest BCUT2D eigenvalue weighted by Crippen LogP contribution is -2.10. The van der Waals surface area contributed by atoms with E-state index in [0.717, 1.165) is 6.42 Å². The zero-order valence-corrected chi connectivity index (χ0v) is 11.7. The second-order valence-corrected chi connectivity index (χ2v) is 4.47. The molecule has 0 aliphatic carbocycles. The van der Waals surface area contributed by atoms with Gasteiger partial charge in [-0.05, 0) is 6.42 Å². The van der Waals surface area contributed by atoms with Gasteiger partial charge in [0.25, 0.3) is 5.69 Å². The zero-order chi connectivity index (χ0) is 14.3. The van der Waals surface area contributed by atoms with E-state index in [9.17, 15) is 10.1 Å². The van der Waals surface area contributed by atoms with Gasteiger partial charge in [-0.2, -0.15) is 0 Å². The van der Waals surface area contributed by atoms with Gasteiger partial charge in [-0.25, -0.2) is 0 Å². The first-order chi connectivity index (χ1) is 9.06. The molecule has 1 aromatic rings. The fourth-order valence-electron chi connectivity index (χ4n) is 1.35. The molecule has 0 aliphatic heterocycles. The molecule has 0 atom stereocenters. The van der Waals surface area contributed by atoms with E-state index in [1.807, 2.05) is 0 Å². The maximum atomic E-state index is 10.6. The molecular weight excluding hydrogens is 291 g/mol. The number of nitrogens with one attached hydrogen (secondary N) is 1. The van der Waals surface area contributed by atoms with E-state index >= 15 is 0 Å². The second-order valence-electron chi connectivity index (χ2n) is 3.66. The molecule has 19 heavy (non-hydrogen) atoms. The Hall–Kier alpha value is -1.30. The van der Waals surface area contributed by atoms with Crippen LogP contribution in [0.15, 0.2) is 24.8 Å². The maximum absolute atomic E-state index is 10.6.